The van der Waals surface area contributed by atoms with Gasteiger partial charge in [0.05, 0.1) is 0 Å². The Morgan fingerprint density at radius 3 is 2.78 bits per heavy atom. The lowest BCUT2D eigenvalue weighted by Crippen LogP contribution is -2.15. The summed E-state index contributed by atoms with van der Waals surface area (Å²) in [7, 11) is 0. The third kappa shape index (κ3) is 3.48. The summed E-state index contributed by atoms with van der Waals surface area (Å²) in [4.78, 5) is 0.776. The maximum absolute atomic E-state index is 14.0. The first-order chi connectivity index (χ1) is 8.56. The molecule has 1 nitrogen and oxygen atoms in total. The average molecular weight is 267 g/mol. The first-order valence-electron chi connectivity index (χ1n) is 6.78. The molecule has 1 fully saturated rings. The number of thioether (sulfide) groups is 1. The summed E-state index contributed by atoms with van der Waals surface area (Å²) in [6, 6.07) is 5.31. The molecule has 3 unspecified atom stereocenters. The second kappa shape index (κ2) is 6.07. The van der Waals surface area contributed by atoms with Crippen molar-refractivity contribution in [2.75, 3.05) is 0 Å². The van der Waals surface area contributed by atoms with Gasteiger partial charge >= 0.3 is 0 Å². The molecule has 3 atom stereocenters. The highest BCUT2D eigenvalue weighted by Crippen LogP contribution is 2.37. The largest absolute Gasteiger partial charge is 0.324 e. The molecule has 1 aromatic carbocycles. The van der Waals surface area contributed by atoms with Crippen LogP contribution < -0.4 is 5.73 Å². The molecule has 100 valence electrons. The molecular formula is C15H22FNS. The second-order valence-electron chi connectivity index (χ2n) is 5.49. The van der Waals surface area contributed by atoms with E-state index in [9.17, 15) is 4.39 Å². The molecule has 0 bridgehead atoms. The van der Waals surface area contributed by atoms with Gasteiger partial charge in [0.1, 0.15) is 5.82 Å². The summed E-state index contributed by atoms with van der Waals surface area (Å²) in [5.74, 6) is 0.663. The summed E-state index contributed by atoms with van der Waals surface area (Å²) in [5, 5.41) is 0.574. The smallest absolute Gasteiger partial charge is 0.137 e. The number of benzene rings is 1. The molecule has 0 saturated heterocycles. The number of hydrogen-bond acceptors (Lipinski definition) is 2. The number of nitrogens with two attached hydrogens (primary N) is 1. The van der Waals surface area contributed by atoms with Gasteiger partial charge in [0.25, 0.3) is 0 Å². The molecule has 1 saturated carbocycles. The fraction of sp³-hybridized carbons (Fsp3) is 0.600. The lowest BCUT2D eigenvalue weighted by atomic mass is 9.91. The summed E-state index contributed by atoms with van der Waals surface area (Å²) in [6.07, 6.45) is 5.02. The maximum Gasteiger partial charge on any atom is 0.137 e. The van der Waals surface area contributed by atoms with Crippen LogP contribution in [0.4, 0.5) is 4.39 Å². The SMILES string of the molecule is CC1CCCC(Sc2ccc(C(C)N)cc2F)C1. The van der Waals surface area contributed by atoms with Crippen molar-refractivity contribution >= 4 is 11.8 Å². The molecule has 0 aliphatic heterocycles. The van der Waals surface area contributed by atoms with Crippen molar-refractivity contribution in [2.45, 2.75) is 55.7 Å². The van der Waals surface area contributed by atoms with Crippen molar-refractivity contribution < 1.29 is 4.39 Å². The third-order valence-corrected chi connectivity index (χ3v) is 5.01. The maximum atomic E-state index is 14.0. The molecule has 3 heteroatoms. The van der Waals surface area contributed by atoms with Crippen molar-refractivity contribution in [3.63, 3.8) is 0 Å². The zero-order valence-corrected chi connectivity index (χ0v) is 12.0. The van der Waals surface area contributed by atoms with Gasteiger partial charge in [-0.05, 0) is 43.4 Å². The van der Waals surface area contributed by atoms with Crippen molar-refractivity contribution in [3.8, 4) is 0 Å². The minimum atomic E-state index is -0.118. The lowest BCUT2D eigenvalue weighted by Gasteiger charge is -2.26. The van der Waals surface area contributed by atoms with E-state index >= 15 is 0 Å². The molecule has 0 radical (unpaired) electrons. The number of hydrogen-bond donors (Lipinski definition) is 1. The van der Waals surface area contributed by atoms with Gasteiger partial charge in [-0.2, -0.15) is 0 Å². The normalized spacial score (nSPS) is 26.0. The van der Waals surface area contributed by atoms with Crippen LogP contribution in [0, 0.1) is 11.7 Å². The second-order valence-corrected chi connectivity index (χ2v) is 6.83. The molecule has 0 heterocycles. The van der Waals surface area contributed by atoms with E-state index in [1.807, 2.05) is 19.1 Å². The third-order valence-electron chi connectivity index (χ3n) is 3.66. The standard InChI is InChI=1S/C15H22FNS/c1-10-4-3-5-13(8-10)18-15-7-6-12(11(2)17)9-14(15)16/h6-7,9-11,13H,3-5,8,17H2,1-2H3. The number of halogens is 1. The van der Waals surface area contributed by atoms with Gasteiger partial charge in [0.2, 0.25) is 0 Å². The van der Waals surface area contributed by atoms with Crippen LogP contribution in [0.25, 0.3) is 0 Å². The van der Waals surface area contributed by atoms with Crippen LogP contribution in [0.3, 0.4) is 0 Å². The van der Waals surface area contributed by atoms with Gasteiger partial charge < -0.3 is 5.73 Å². The van der Waals surface area contributed by atoms with Gasteiger partial charge in [-0.1, -0.05) is 25.8 Å². The Balaban J connectivity index is 2.05. The molecule has 1 aliphatic rings. The Kier molecular flexibility index (Phi) is 4.68. The van der Waals surface area contributed by atoms with Crippen LogP contribution in [0.1, 0.15) is 51.1 Å². The van der Waals surface area contributed by atoms with Gasteiger partial charge in [-0.15, -0.1) is 11.8 Å². The van der Waals surface area contributed by atoms with E-state index in [0.29, 0.717) is 5.25 Å². The Bertz CT molecular complexity index is 405. The molecule has 18 heavy (non-hydrogen) atoms. The molecule has 1 aromatic rings. The van der Waals surface area contributed by atoms with Crippen LogP contribution in [0.2, 0.25) is 0 Å². The first kappa shape index (κ1) is 13.9. The zero-order chi connectivity index (χ0) is 13.1. The fourth-order valence-electron chi connectivity index (χ4n) is 2.56. The van der Waals surface area contributed by atoms with Crippen LogP contribution in [0.5, 0.6) is 0 Å². The summed E-state index contributed by atoms with van der Waals surface area (Å²) < 4.78 is 14.0. The average Bonchev–Trinajstić information content (AvgIpc) is 2.31. The van der Waals surface area contributed by atoms with Gasteiger partial charge in [-0.3, -0.25) is 0 Å². The van der Waals surface area contributed by atoms with Crippen molar-refractivity contribution in [1.29, 1.82) is 0 Å². The highest BCUT2D eigenvalue weighted by atomic mass is 32.2. The number of rotatable bonds is 3. The van der Waals surface area contributed by atoms with E-state index < -0.39 is 0 Å². The van der Waals surface area contributed by atoms with Crippen molar-refractivity contribution in [1.82, 2.24) is 0 Å². The summed E-state index contributed by atoms with van der Waals surface area (Å²) >= 11 is 1.70. The Morgan fingerprint density at radius 1 is 1.39 bits per heavy atom. The van der Waals surface area contributed by atoms with E-state index in [1.54, 1.807) is 17.8 Å². The van der Waals surface area contributed by atoms with Crippen LogP contribution in [-0.2, 0) is 0 Å². The zero-order valence-electron chi connectivity index (χ0n) is 11.2. The molecule has 2 rings (SSSR count). The minimum Gasteiger partial charge on any atom is -0.324 e. The summed E-state index contributed by atoms with van der Waals surface area (Å²) in [5.41, 5.74) is 6.63. The van der Waals surface area contributed by atoms with Crippen LogP contribution in [-0.4, -0.2) is 5.25 Å². The van der Waals surface area contributed by atoms with Gasteiger partial charge in [0, 0.05) is 16.2 Å². The Hall–Kier alpha value is -0.540. The minimum absolute atomic E-state index is 0.103. The molecule has 2 N–H and O–H groups in total. The Morgan fingerprint density at radius 2 is 2.17 bits per heavy atom. The Labute approximate surface area is 113 Å². The molecule has 0 amide bonds. The lowest BCUT2D eigenvalue weighted by molar-refractivity contribution is 0.394. The van der Waals surface area contributed by atoms with E-state index in [2.05, 4.69) is 6.92 Å². The first-order valence-corrected chi connectivity index (χ1v) is 7.66. The highest BCUT2D eigenvalue weighted by Gasteiger charge is 2.21. The molecule has 0 spiro atoms. The van der Waals surface area contributed by atoms with Gasteiger partial charge in [-0.25, -0.2) is 4.39 Å². The molecule has 1 aliphatic carbocycles. The van der Waals surface area contributed by atoms with E-state index in [1.165, 1.54) is 25.7 Å². The predicted molar refractivity (Wildman–Crippen MR) is 76.3 cm³/mol. The van der Waals surface area contributed by atoms with Crippen molar-refractivity contribution in [2.24, 2.45) is 11.7 Å². The molecular weight excluding hydrogens is 245 g/mol. The van der Waals surface area contributed by atoms with E-state index in [4.69, 9.17) is 5.73 Å². The van der Waals surface area contributed by atoms with Crippen molar-refractivity contribution in [3.05, 3.63) is 29.6 Å². The topological polar surface area (TPSA) is 26.0 Å². The van der Waals surface area contributed by atoms with Crippen LogP contribution >= 0.6 is 11.8 Å². The fourth-order valence-corrected chi connectivity index (χ4v) is 3.95. The quantitative estimate of drug-likeness (QED) is 0.871. The van der Waals surface area contributed by atoms with E-state index in [-0.39, 0.29) is 11.9 Å². The molecule has 0 aromatic heterocycles. The van der Waals surface area contributed by atoms with Crippen LogP contribution in [0.15, 0.2) is 23.1 Å². The highest BCUT2D eigenvalue weighted by molar-refractivity contribution is 8.00. The van der Waals surface area contributed by atoms with E-state index in [0.717, 1.165) is 16.4 Å². The van der Waals surface area contributed by atoms with Gasteiger partial charge in [0.15, 0.2) is 0 Å². The monoisotopic (exact) mass is 267 g/mol. The predicted octanol–water partition coefficient (Wildman–Crippen LogP) is 4.52. The summed E-state index contributed by atoms with van der Waals surface area (Å²) in [6.45, 7) is 4.17.